The first kappa shape index (κ1) is 22.9. The number of benzene rings is 2. The van der Waals surface area contributed by atoms with Crippen molar-refractivity contribution in [1.82, 2.24) is 10.2 Å². The molecule has 2 amide bonds. The molecule has 29 heavy (non-hydrogen) atoms. The molecule has 2 rings (SSSR count). The number of halogens is 1. The summed E-state index contributed by atoms with van der Waals surface area (Å²) in [7, 11) is 0. The Morgan fingerprint density at radius 2 is 1.69 bits per heavy atom. The first-order chi connectivity index (χ1) is 13.9. The molecule has 2 aromatic carbocycles. The molecule has 2 aromatic rings. The van der Waals surface area contributed by atoms with E-state index in [1.807, 2.05) is 56.3 Å². The van der Waals surface area contributed by atoms with Crippen molar-refractivity contribution >= 4 is 23.4 Å². The molecular weight excluding hydrogens is 388 g/mol. The minimum absolute atomic E-state index is 0.00302. The molecule has 5 nitrogen and oxygen atoms in total. The van der Waals surface area contributed by atoms with Gasteiger partial charge in [0, 0.05) is 37.1 Å². The fourth-order valence-electron chi connectivity index (χ4n) is 3.05. The van der Waals surface area contributed by atoms with E-state index in [4.69, 9.17) is 16.7 Å². The summed E-state index contributed by atoms with van der Waals surface area (Å²) in [4.78, 5) is 27.7. The summed E-state index contributed by atoms with van der Waals surface area (Å²) < 4.78 is 0. The third-order valence-corrected chi connectivity index (χ3v) is 4.88. The van der Waals surface area contributed by atoms with E-state index in [0.29, 0.717) is 31.0 Å². The largest absolute Gasteiger partial charge is 0.396 e. The molecule has 0 fully saturated rings. The molecule has 0 heterocycles. The van der Waals surface area contributed by atoms with E-state index in [9.17, 15) is 9.59 Å². The fraction of sp³-hybridized carbons (Fsp3) is 0.391. The van der Waals surface area contributed by atoms with Crippen molar-refractivity contribution < 1.29 is 14.7 Å². The summed E-state index contributed by atoms with van der Waals surface area (Å²) in [6.07, 6.45) is 0.886. The van der Waals surface area contributed by atoms with Gasteiger partial charge in [-0.15, -0.1) is 0 Å². The lowest BCUT2D eigenvalue weighted by Gasteiger charge is -2.32. The van der Waals surface area contributed by atoms with Gasteiger partial charge in [0.1, 0.15) is 6.04 Å². The summed E-state index contributed by atoms with van der Waals surface area (Å²) in [6.45, 7) is 4.36. The standard InChI is InChI=1S/C23H29ClN2O3/c1-17(2)23(29)26(16-19-9-11-20(24)12-10-19)21(22(28)25-13-6-14-27)15-18-7-4-3-5-8-18/h3-5,7-12,17,21,27H,6,13-16H2,1-2H3,(H,25,28)/t21-/m1/s1. The summed E-state index contributed by atoms with van der Waals surface area (Å²) in [6, 6.07) is 16.3. The van der Waals surface area contributed by atoms with E-state index < -0.39 is 6.04 Å². The zero-order valence-corrected chi connectivity index (χ0v) is 17.7. The topological polar surface area (TPSA) is 69.6 Å². The molecule has 0 radical (unpaired) electrons. The van der Waals surface area contributed by atoms with E-state index in [1.54, 1.807) is 17.0 Å². The van der Waals surface area contributed by atoms with E-state index >= 15 is 0 Å². The van der Waals surface area contributed by atoms with Gasteiger partial charge in [0.15, 0.2) is 0 Å². The van der Waals surface area contributed by atoms with Gasteiger partial charge in [0.2, 0.25) is 11.8 Å². The van der Waals surface area contributed by atoms with Crippen LogP contribution in [-0.4, -0.2) is 41.0 Å². The van der Waals surface area contributed by atoms with Crippen LogP contribution in [0.2, 0.25) is 5.02 Å². The predicted molar refractivity (Wildman–Crippen MR) is 115 cm³/mol. The summed E-state index contributed by atoms with van der Waals surface area (Å²) in [5, 5.41) is 12.5. The molecule has 0 aliphatic heterocycles. The quantitative estimate of drug-likeness (QED) is 0.583. The Labute approximate surface area is 177 Å². The lowest BCUT2D eigenvalue weighted by molar-refractivity contribution is -0.143. The number of nitrogens with one attached hydrogen (secondary N) is 1. The van der Waals surface area contributed by atoms with Crippen LogP contribution in [0.15, 0.2) is 54.6 Å². The SMILES string of the molecule is CC(C)C(=O)N(Cc1ccc(Cl)cc1)[C@H](Cc1ccccc1)C(=O)NCCCO. The third kappa shape index (κ3) is 7.18. The maximum Gasteiger partial charge on any atom is 0.243 e. The smallest absolute Gasteiger partial charge is 0.243 e. The van der Waals surface area contributed by atoms with Crippen LogP contribution in [0.5, 0.6) is 0 Å². The van der Waals surface area contributed by atoms with Crippen LogP contribution in [0.1, 0.15) is 31.4 Å². The van der Waals surface area contributed by atoms with Crippen molar-refractivity contribution in [2.45, 2.75) is 39.3 Å². The zero-order valence-electron chi connectivity index (χ0n) is 17.0. The number of amides is 2. The van der Waals surface area contributed by atoms with Crippen LogP contribution in [0, 0.1) is 5.92 Å². The molecule has 0 saturated heterocycles. The summed E-state index contributed by atoms with van der Waals surface area (Å²) >= 11 is 5.99. The Morgan fingerprint density at radius 1 is 1.03 bits per heavy atom. The Bertz CT molecular complexity index is 778. The normalized spacial score (nSPS) is 11.9. The maximum atomic E-state index is 13.1. The van der Waals surface area contributed by atoms with Gasteiger partial charge in [-0.1, -0.05) is 67.9 Å². The second-order valence-corrected chi connectivity index (χ2v) is 7.76. The van der Waals surface area contributed by atoms with E-state index in [0.717, 1.165) is 11.1 Å². The number of nitrogens with zero attached hydrogens (tertiary/aromatic N) is 1. The van der Waals surface area contributed by atoms with Gasteiger partial charge in [0.25, 0.3) is 0 Å². The number of rotatable bonds is 10. The molecule has 0 bridgehead atoms. The van der Waals surface area contributed by atoms with Crippen molar-refractivity contribution in [3.05, 3.63) is 70.7 Å². The molecule has 0 spiro atoms. The van der Waals surface area contributed by atoms with Crippen molar-refractivity contribution in [3.63, 3.8) is 0 Å². The van der Waals surface area contributed by atoms with Gasteiger partial charge in [0.05, 0.1) is 0 Å². The molecule has 0 saturated carbocycles. The highest BCUT2D eigenvalue weighted by molar-refractivity contribution is 6.30. The van der Waals surface area contributed by atoms with Gasteiger partial charge >= 0.3 is 0 Å². The number of aliphatic hydroxyl groups excluding tert-OH is 1. The molecular formula is C23H29ClN2O3. The van der Waals surface area contributed by atoms with Crippen LogP contribution in [0.25, 0.3) is 0 Å². The summed E-state index contributed by atoms with van der Waals surface area (Å²) in [5.41, 5.74) is 1.89. The zero-order chi connectivity index (χ0) is 21.2. The minimum atomic E-state index is -0.651. The Kier molecular flexibility index (Phi) is 9.16. The third-order valence-electron chi connectivity index (χ3n) is 4.63. The molecule has 2 N–H and O–H groups in total. The monoisotopic (exact) mass is 416 g/mol. The molecule has 0 aromatic heterocycles. The predicted octanol–water partition coefficient (Wildman–Crippen LogP) is 3.43. The van der Waals surface area contributed by atoms with Crippen molar-refractivity contribution in [2.24, 2.45) is 5.92 Å². The number of hydrogen-bond acceptors (Lipinski definition) is 3. The van der Waals surface area contributed by atoms with E-state index in [2.05, 4.69) is 5.32 Å². The highest BCUT2D eigenvalue weighted by Crippen LogP contribution is 2.18. The Morgan fingerprint density at radius 3 is 2.28 bits per heavy atom. The number of aliphatic hydroxyl groups is 1. The molecule has 0 aliphatic carbocycles. The number of carbonyl (C=O) groups excluding carboxylic acids is 2. The molecule has 1 atom stereocenters. The molecule has 156 valence electrons. The summed E-state index contributed by atoms with van der Waals surface area (Å²) in [5.74, 6) is -0.547. The lowest BCUT2D eigenvalue weighted by atomic mass is 10.0. The second-order valence-electron chi connectivity index (χ2n) is 7.32. The van der Waals surface area contributed by atoms with Gasteiger partial charge in [-0.2, -0.15) is 0 Å². The average Bonchev–Trinajstić information content (AvgIpc) is 2.72. The van der Waals surface area contributed by atoms with Crippen molar-refractivity contribution in [1.29, 1.82) is 0 Å². The Hall–Kier alpha value is -2.37. The lowest BCUT2D eigenvalue weighted by Crippen LogP contribution is -2.51. The minimum Gasteiger partial charge on any atom is -0.396 e. The van der Waals surface area contributed by atoms with Crippen LogP contribution in [0.4, 0.5) is 0 Å². The fourth-order valence-corrected chi connectivity index (χ4v) is 3.18. The van der Waals surface area contributed by atoms with Crippen LogP contribution in [-0.2, 0) is 22.6 Å². The average molecular weight is 417 g/mol. The van der Waals surface area contributed by atoms with E-state index in [1.165, 1.54) is 0 Å². The van der Waals surface area contributed by atoms with E-state index in [-0.39, 0.29) is 24.3 Å². The Balaban J connectivity index is 2.33. The molecule has 6 heteroatoms. The van der Waals surface area contributed by atoms with Crippen molar-refractivity contribution in [3.8, 4) is 0 Å². The highest BCUT2D eigenvalue weighted by Gasteiger charge is 2.31. The first-order valence-electron chi connectivity index (χ1n) is 9.89. The number of hydrogen-bond donors (Lipinski definition) is 2. The van der Waals surface area contributed by atoms with Crippen LogP contribution < -0.4 is 5.32 Å². The number of carbonyl (C=O) groups is 2. The van der Waals surface area contributed by atoms with Gasteiger partial charge in [-0.25, -0.2) is 0 Å². The highest BCUT2D eigenvalue weighted by atomic mass is 35.5. The van der Waals surface area contributed by atoms with Crippen molar-refractivity contribution in [2.75, 3.05) is 13.2 Å². The van der Waals surface area contributed by atoms with Crippen LogP contribution >= 0.6 is 11.6 Å². The second kappa shape index (κ2) is 11.6. The maximum absolute atomic E-state index is 13.1. The first-order valence-corrected chi connectivity index (χ1v) is 10.3. The van der Waals surface area contributed by atoms with Crippen LogP contribution in [0.3, 0.4) is 0 Å². The molecule has 0 unspecified atom stereocenters. The van der Waals surface area contributed by atoms with Gasteiger partial charge in [-0.05, 0) is 29.7 Å². The van der Waals surface area contributed by atoms with Gasteiger partial charge < -0.3 is 15.3 Å². The van der Waals surface area contributed by atoms with Gasteiger partial charge in [-0.3, -0.25) is 9.59 Å². The molecule has 0 aliphatic rings.